The Balaban J connectivity index is 3.44. The molecule has 78 valence electrons. The van der Waals surface area contributed by atoms with Crippen LogP contribution >= 0.6 is 21.4 Å². The van der Waals surface area contributed by atoms with Gasteiger partial charge >= 0.3 is 0 Å². The van der Waals surface area contributed by atoms with Crippen LogP contribution in [0.4, 0.5) is 0 Å². The van der Waals surface area contributed by atoms with Crippen molar-refractivity contribution in [2.45, 2.75) is 9.79 Å². The lowest BCUT2D eigenvalue weighted by Crippen LogP contribution is -1.97. The lowest BCUT2D eigenvalue weighted by atomic mass is 10.5. The summed E-state index contributed by atoms with van der Waals surface area (Å²) in [4.78, 5) is 2.56. The van der Waals surface area contributed by atoms with Gasteiger partial charge in [0.25, 0.3) is 18.1 Å². The molecule has 0 fully saturated rings. The number of pyridine rings is 1. The van der Waals surface area contributed by atoms with Crippen molar-refractivity contribution in [1.29, 1.82) is 0 Å². The van der Waals surface area contributed by atoms with Crippen molar-refractivity contribution in [3.8, 4) is 0 Å². The number of rotatable bonds is 2. The van der Waals surface area contributed by atoms with Crippen LogP contribution in [0, 0.1) is 0 Å². The van der Waals surface area contributed by atoms with Crippen LogP contribution in [-0.2, 0) is 18.1 Å². The second-order valence-electron chi connectivity index (χ2n) is 2.23. The van der Waals surface area contributed by atoms with E-state index in [0.717, 1.165) is 18.5 Å². The number of hydrogen-bond acceptors (Lipinski definition) is 5. The summed E-state index contributed by atoms with van der Waals surface area (Å²) in [7, 11) is 1.95. The monoisotopic (exact) mass is 275 g/mol. The first-order chi connectivity index (χ1) is 6.21. The van der Waals surface area contributed by atoms with Crippen molar-refractivity contribution in [3.05, 3.63) is 18.5 Å². The van der Waals surface area contributed by atoms with Gasteiger partial charge < -0.3 is 0 Å². The Morgan fingerprint density at radius 3 is 1.57 bits per heavy atom. The SMILES string of the molecule is O=S(=O)(Cl)c1cncc(S(=O)(=O)Cl)c1. The highest BCUT2D eigenvalue weighted by molar-refractivity contribution is 8.14. The van der Waals surface area contributed by atoms with E-state index in [-0.39, 0.29) is 0 Å². The molecule has 0 amide bonds. The van der Waals surface area contributed by atoms with E-state index in [0.29, 0.717) is 0 Å². The summed E-state index contributed by atoms with van der Waals surface area (Å²) < 4.78 is 43.2. The maximum Gasteiger partial charge on any atom is 0.262 e. The Kier molecular flexibility index (Phi) is 3.05. The van der Waals surface area contributed by atoms with Crippen LogP contribution in [0.15, 0.2) is 28.3 Å². The second-order valence-corrected chi connectivity index (χ2v) is 7.36. The Morgan fingerprint density at radius 2 is 1.29 bits per heavy atom. The van der Waals surface area contributed by atoms with Gasteiger partial charge in [0, 0.05) is 33.8 Å². The van der Waals surface area contributed by atoms with Crippen LogP contribution in [0.1, 0.15) is 0 Å². The van der Waals surface area contributed by atoms with E-state index in [9.17, 15) is 16.8 Å². The summed E-state index contributed by atoms with van der Waals surface area (Å²) >= 11 is 0. The highest BCUT2D eigenvalue weighted by Gasteiger charge is 2.16. The molecule has 0 unspecified atom stereocenters. The van der Waals surface area contributed by atoms with Crippen molar-refractivity contribution < 1.29 is 16.8 Å². The average molecular weight is 276 g/mol. The smallest absolute Gasteiger partial charge is 0.262 e. The van der Waals surface area contributed by atoms with E-state index in [1.807, 2.05) is 0 Å². The quantitative estimate of drug-likeness (QED) is 0.751. The molecular formula is C5H3Cl2NO4S2. The number of nitrogens with zero attached hydrogens (tertiary/aromatic N) is 1. The molecule has 5 nitrogen and oxygen atoms in total. The van der Waals surface area contributed by atoms with Gasteiger partial charge in [-0.25, -0.2) is 16.8 Å². The average Bonchev–Trinajstić information content (AvgIpc) is 2.01. The molecule has 0 aliphatic carbocycles. The summed E-state index contributed by atoms with van der Waals surface area (Å²) in [6.07, 6.45) is 1.85. The van der Waals surface area contributed by atoms with Crippen molar-refractivity contribution in [3.63, 3.8) is 0 Å². The minimum absolute atomic E-state index is 0.416. The fraction of sp³-hybridized carbons (Fsp3) is 0. The molecule has 0 spiro atoms. The van der Waals surface area contributed by atoms with Crippen LogP contribution in [-0.4, -0.2) is 21.8 Å². The minimum Gasteiger partial charge on any atom is -0.262 e. The topological polar surface area (TPSA) is 81.2 Å². The van der Waals surface area contributed by atoms with E-state index in [1.54, 1.807) is 0 Å². The van der Waals surface area contributed by atoms with Gasteiger partial charge in [0.15, 0.2) is 0 Å². The van der Waals surface area contributed by atoms with Gasteiger partial charge in [-0.2, -0.15) is 0 Å². The first-order valence-corrected chi connectivity index (χ1v) is 7.67. The lowest BCUT2D eigenvalue weighted by molar-refractivity contribution is 0.607. The third-order valence-corrected chi connectivity index (χ3v) is 3.89. The predicted octanol–water partition coefficient (Wildman–Crippen LogP) is 0.937. The van der Waals surface area contributed by atoms with Crippen molar-refractivity contribution >= 4 is 39.5 Å². The third kappa shape index (κ3) is 2.81. The minimum atomic E-state index is -4.00. The fourth-order valence-corrected chi connectivity index (χ4v) is 2.16. The van der Waals surface area contributed by atoms with E-state index >= 15 is 0 Å². The Morgan fingerprint density at radius 1 is 0.929 bits per heavy atom. The van der Waals surface area contributed by atoms with Gasteiger partial charge in [-0.15, -0.1) is 0 Å². The molecule has 0 radical (unpaired) electrons. The van der Waals surface area contributed by atoms with Gasteiger partial charge in [0.2, 0.25) is 0 Å². The number of halogens is 2. The van der Waals surface area contributed by atoms with Crippen molar-refractivity contribution in [1.82, 2.24) is 4.98 Å². The molecule has 0 atom stereocenters. The maximum absolute atomic E-state index is 10.8. The van der Waals surface area contributed by atoms with Gasteiger partial charge in [0.1, 0.15) is 9.79 Å². The van der Waals surface area contributed by atoms with Gasteiger partial charge in [-0.1, -0.05) is 0 Å². The normalized spacial score (nSPS) is 12.7. The van der Waals surface area contributed by atoms with Crippen molar-refractivity contribution in [2.75, 3.05) is 0 Å². The van der Waals surface area contributed by atoms with Crippen LogP contribution in [0.3, 0.4) is 0 Å². The molecule has 1 rings (SSSR count). The molecule has 1 aromatic rings. The molecule has 0 N–H and O–H groups in total. The van der Waals surface area contributed by atoms with Gasteiger partial charge in [-0.3, -0.25) is 4.98 Å². The summed E-state index contributed by atoms with van der Waals surface area (Å²) in [6, 6.07) is 0.831. The summed E-state index contributed by atoms with van der Waals surface area (Å²) in [6.45, 7) is 0. The molecule has 0 saturated carbocycles. The highest BCUT2D eigenvalue weighted by Crippen LogP contribution is 2.19. The van der Waals surface area contributed by atoms with Crippen LogP contribution < -0.4 is 0 Å². The summed E-state index contributed by atoms with van der Waals surface area (Å²) in [5.74, 6) is 0. The molecule has 1 aromatic heterocycles. The molecule has 1 heterocycles. The summed E-state index contributed by atoms with van der Waals surface area (Å²) in [5, 5.41) is 0. The molecule has 0 aliphatic rings. The maximum atomic E-state index is 10.8. The largest absolute Gasteiger partial charge is 0.262 e. The summed E-state index contributed by atoms with van der Waals surface area (Å²) in [5.41, 5.74) is 0. The number of aromatic nitrogens is 1. The van der Waals surface area contributed by atoms with Crippen molar-refractivity contribution in [2.24, 2.45) is 0 Å². The molecule has 0 aliphatic heterocycles. The van der Waals surface area contributed by atoms with E-state index in [2.05, 4.69) is 4.98 Å². The lowest BCUT2D eigenvalue weighted by Gasteiger charge is -1.97. The first-order valence-electron chi connectivity index (χ1n) is 3.05. The Labute approximate surface area is 89.5 Å². The molecular weight excluding hydrogens is 273 g/mol. The second kappa shape index (κ2) is 3.65. The standard InChI is InChI=1S/C5H3Cl2NO4S2/c6-13(9,10)4-1-5(3-8-2-4)14(7,11)12/h1-3H. The Hall–Kier alpha value is -0.370. The highest BCUT2D eigenvalue weighted by atomic mass is 35.7. The zero-order valence-electron chi connectivity index (χ0n) is 6.38. The fourth-order valence-electron chi connectivity index (χ4n) is 0.666. The van der Waals surface area contributed by atoms with E-state index < -0.39 is 27.9 Å². The van der Waals surface area contributed by atoms with E-state index in [4.69, 9.17) is 21.4 Å². The third-order valence-electron chi connectivity index (χ3n) is 1.25. The van der Waals surface area contributed by atoms with Crippen LogP contribution in [0.25, 0.3) is 0 Å². The van der Waals surface area contributed by atoms with Gasteiger partial charge in [-0.05, 0) is 6.07 Å². The molecule has 0 bridgehead atoms. The Bertz CT molecular complexity index is 504. The van der Waals surface area contributed by atoms with Crippen LogP contribution in [0.5, 0.6) is 0 Å². The van der Waals surface area contributed by atoms with Crippen LogP contribution in [0.2, 0.25) is 0 Å². The zero-order valence-corrected chi connectivity index (χ0v) is 9.53. The van der Waals surface area contributed by atoms with Gasteiger partial charge in [0.05, 0.1) is 0 Å². The molecule has 9 heteroatoms. The zero-order chi connectivity index (χ0) is 11.0. The molecule has 0 aromatic carbocycles. The predicted molar refractivity (Wildman–Crippen MR) is 50.3 cm³/mol. The first kappa shape index (κ1) is 11.7. The number of hydrogen-bond donors (Lipinski definition) is 0. The van der Waals surface area contributed by atoms with E-state index in [1.165, 1.54) is 0 Å². The molecule has 14 heavy (non-hydrogen) atoms. The molecule has 0 saturated heterocycles.